The summed E-state index contributed by atoms with van der Waals surface area (Å²) in [6, 6.07) is 23.2. The van der Waals surface area contributed by atoms with Gasteiger partial charge in [-0.3, -0.25) is 20.2 Å². The molecule has 8 aromatic rings. The van der Waals surface area contributed by atoms with Crippen molar-refractivity contribution in [2.45, 2.75) is 0 Å². The lowest BCUT2D eigenvalue weighted by molar-refractivity contribution is 0.111. The number of hydrogen-bond acceptors (Lipinski definition) is 19. The average Bonchev–Trinajstić information content (AvgIpc) is 4.16. The summed E-state index contributed by atoms with van der Waals surface area (Å²) in [7, 11) is 0. The van der Waals surface area contributed by atoms with Crippen LogP contribution in [0.1, 0.15) is 16.2 Å². The van der Waals surface area contributed by atoms with Crippen molar-refractivity contribution < 1.29 is 23.0 Å². The number of hydrogen-bond donors (Lipinski definition) is 5. The van der Waals surface area contributed by atoms with Gasteiger partial charge in [0.15, 0.2) is 29.6 Å². The molecule has 0 saturated carbocycles. The molecular formula is C46H46F2N18O3. The smallest absolute Gasteiger partial charge is 0.245 e. The Kier molecular flexibility index (Phi) is 16.0. The number of carbonyl (C=O) groups is 1. The van der Waals surface area contributed by atoms with E-state index in [1.165, 1.54) is 0 Å². The molecule has 0 radical (unpaired) electrons. The predicted molar refractivity (Wildman–Crippen MR) is 257 cm³/mol. The molecule has 0 atom stereocenters. The van der Waals surface area contributed by atoms with Gasteiger partial charge in [0.2, 0.25) is 11.9 Å². The molecule has 10 rings (SSSR count). The Morgan fingerprint density at radius 1 is 0.609 bits per heavy atom. The van der Waals surface area contributed by atoms with Gasteiger partial charge < -0.3 is 39.0 Å². The fraction of sp³-hybridized carbons (Fsp3) is 0.174. The van der Waals surface area contributed by atoms with E-state index in [0.29, 0.717) is 64.0 Å². The maximum Gasteiger partial charge on any atom is 0.245 e. The molecule has 0 unspecified atom stereocenters. The molecule has 6 aromatic heterocycles. The molecule has 0 amide bonds. The van der Waals surface area contributed by atoms with Crippen LogP contribution in [0.25, 0.3) is 11.4 Å². The standard InChI is InChI=1S/C23H22FN9O.C15H12N4O.C8H12FN5O/c24-21-15-27-23(30-22(21)32-8-10-34-11-9-32)31-28-14-18-4-5-19(13-26-18)29-17-2-1-3-20(12-17)33-7-6-25-16-33;20-10-14-5-4-13(9-17-14)18-12-2-1-3-15(8-12)19-7-6-16-11-19;9-6-5-11-8(13-10)12-7(6)14-1-3-15-4-2-14/h1-7,12-16,29H,8-11H2,(H,27,30,31);1-11,18H;5H,1-4,10H2,(H,11,12,13)/b28-14+;;. The number of aldehydes is 1. The number of nitrogen functional groups attached to an aromatic ring is 1. The van der Waals surface area contributed by atoms with Crippen molar-refractivity contribution in [3.8, 4) is 11.4 Å². The number of morpholine rings is 2. The second-order valence-corrected chi connectivity index (χ2v) is 14.8. The Morgan fingerprint density at radius 2 is 1.12 bits per heavy atom. The molecule has 8 heterocycles. The number of nitrogens with zero attached hydrogens (tertiary/aromatic N) is 13. The first-order valence-corrected chi connectivity index (χ1v) is 21.4. The molecule has 2 aliphatic heterocycles. The van der Waals surface area contributed by atoms with Gasteiger partial charge in [0, 0.05) is 73.7 Å². The van der Waals surface area contributed by atoms with Crippen molar-refractivity contribution in [3.05, 3.63) is 158 Å². The minimum Gasteiger partial charge on any atom is -0.378 e. The van der Waals surface area contributed by atoms with Crippen LogP contribution in [0.5, 0.6) is 0 Å². The van der Waals surface area contributed by atoms with Gasteiger partial charge in [-0.1, -0.05) is 12.1 Å². The van der Waals surface area contributed by atoms with Crippen molar-refractivity contribution >= 4 is 58.8 Å². The minimum atomic E-state index is -0.475. The molecule has 2 aromatic carbocycles. The van der Waals surface area contributed by atoms with Crippen LogP contribution in [0.4, 0.5) is 55.1 Å². The fourth-order valence-electron chi connectivity index (χ4n) is 6.74. The molecule has 0 bridgehead atoms. The summed E-state index contributed by atoms with van der Waals surface area (Å²) in [6.07, 6.45) is 18.6. The number of nitrogens with one attached hydrogen (secondary N) is 4. The maximum absolute atomic E-state index is 14.1. The number of rotatable bonds is 13. The number of halogens is 2. The topological polar surface area (TPSA) is 241 Å². The van der Waals surface area contributed by atoms with Gasteiger partial charge in [-0.05, 0) is 60.7 Å². The van der Waals surface area contributed by atoms with Crippen LogP contribution < -0.4 is 37.1 Å². The molecule has 352 valence electrons. The Bertz CT molecular complexity index is 2880. The van der Waals surface area contributed by atoms with Gasteiger partial charge in [0.05, 0.1) is 87.2 Å². The van der Waals surface area contributed by atoms with E-state index in [1.54, 1.807) is 54.6 Å². The van der Waals surface area contributed by atoms with Crippen LogP contribution in [0.3, 0.4) is 0 Å². The van der Waals surface area contributed by atoms with Crippen LogP contribution in [-0.4, -0.2) is 114 Å². The molecule has 21 nitrogen and oxygen atoms in total. The normalized spacial score (nSPS) is 13.4. The van der Waals surface area contributed by atoms with E-state index in [2.05, 4.69) is 66.5 Å². The fourth-order valence-corrected chi connectivity index (χ4v) is 6.74. The van der Waals surface area contributed by atoms with Crippen molar-refractivity contribution in [3.63, 3.8) is 0 Å². The number of anilines is 8. The molecule has 6 N–H and O–H groups in total. The molecule has 0 aliphatic carbocycles. The summed E-state index contributed by atoms with van der Waals surface area (Å²) in [4.78, 5) is 46.5. The summed E-state index contributed by atoms with van der Waals surface area (Å²) in [5, 5.41) is 10.7. The van der Waals surface area contributed by atoms with Crippen LogP contribution in [-0.2, 0) is 9.47 Å². The van der Waals surface area contributed by atoms with Crippen LogP contribution >= 0.6 is 0 Å². The van der Waals surface area contributed by atoms with E-state index < -0.39 is 11.6 Å². The third-order valence-corrected chi connectivity index (χ3v) is 10.1. The molecule has 2 aliphatic rings. The zero-order valence-corrected chi connectivity index (χ0v) is 36.9. The number of pyridine rings is 2. The van der Waals surface area contributed by atoms with E-state index in [9.17, 15) is 13.6 Å². The van der Waals surface area contributed by atoms with E-state index >= 15 is 0 Å². The van der Waals surface area contributed by atoms with Crippen molar-refractivity contribution in [2.75, 3.05) is 83.9 Å². The third kappa shape index (κ3) is 13.2. The van der Waals surface area contributed by atoms with E-state index in [-0.39, 0.29) is 23.5 Å². The highest BCUT2D eigenvalue weighted by atomic mass is 19.1. The lowest BCUT2D eigenvalue weighted by atomic mass is 10.2. The molecule has 0 spiro atoms. The molecule has 23 heteroatoms. The number of benzene rings is 2. The molecular weight excluding hydrogens is 891 g/mol. The summed E-state index contributed by atoms with van der Waals surface area (Å²) >= 11 is 0. The summed E-state index contributed by atoms with van der Waals surface area (Å²) in [6.45, 7) is 4.64. The van der Waals surface area contributed by atoms with Gasteiger partial charge in [0.25, 0.3) is 0 Å². The Balaban J connectivity index is 0.000000155. The first-order valence-electron chi connectivity index (χ1n) is 21.4. The lowest BCUT2D eigenvalue weighted by Crippen LogP contribution is -2.37. The van der Waals surface area contributed by atoms with Crippen LogP contribution in [0.2, 0.25) is 0 Å². The van der Waals surface area contributed by atoms with E-state index in [4.69, 9.17) is 15.3 Å². The second-order valence-electron chi connectivity index (χ2n) is 14.8. The van der Waals surface area contributed by atoms with Gasteiger partial charge in [-0.2, -0.15) is 15.1 Å². The third-order valence-electron chi connectivity index (χ3n) is 10.1. The molecule has 2 saturated heterocycles. The van der Waals surface area contributed by atoms with Gasteiger partial charge >= 0.3 is 0 Å². The first kappa shape index (κ1) is 46.7. The van der Waals surface area contributed by atoms with E-state index in [0.717, 1.165) is 52.8 Å². The molecule has 2 fully saturated rings. The van der Waals surface area contributed by atoms with Gasteiger partial charge in [0.1, 0.15) is 5.69 Å². The van der Waals surface area contributed by atoms with Crippen molar-refractivity contribution in [2.24, 2.45) is 10.9 Å². The zero-order valence-electron chi connectivity index (χ0n) is 36.9. The summed E-state index contributed by atoms with van der Waals surface area (Å²) in [5.74, 6) is 5.15. The van der Waals surface area contributed by atoms with Gasteiger partial charge in [-0.15, -0.1) is 0 Å². The highest BCUT2D eigenvalue weighted by Gasteiger charge is 2.19. The number of hydrazone groups is 1. The number of nitrogens with two attached hydrogens (primary N) is 1. The Morgan fingerprint density at radius 3 is 1.58 bits per heavy atom. The number of imidazole rings is 2. The molecule has 69 heavy (non-hydrogen) atoms. The summed E-state index contributed by atoms with van der Waals surface area (Å²) < 4.78 is 41.9. The van der Waals surface area contributed by atoms with Crippen LogP contribution in [0.15, 0.2) is 140 Å². The number of ether oxygens (including phenoxy) is 2. The zero-order chi connectivity index (χ0) is 47.6. The maximum atomic E-state index is 14.1. The SMILES string of the molecule is Fc1cnc(N/N=C/c2ccc(Nc3cccc(-n4ccnc4)c3)cn2)nc1N1CCOCC1.NNc1ncc(F)c(N2CCOCC2)n1.O=Cc1ccc(Nc2cccc(-n3ccnc3)c2)cn1. The average molecular weight is 937 g/mol. The van der Waals surface area contributed by atoms with Gasteiger partial charge in [-0.25, -0.2) is 40.0 Å². The number of hydrazine groups is 1. The number of aromatic nitrogens is 10. The monoisotopic (exact) mass is 936 g/mol. The Labute approximate surface area is 394 Å². The van der Waals surface area contributed by atoms with Crippen LogP contribution in [0, 0.1) is 11.6 Å². The van der Waals surface area contributed by atoms with E-state index in [1.807, 2.05) is 93.2 Å². The van der Waals surface area contributed by atoms with Crippen molar-refractivity contribution in [1.82, 2.24) is 49.0 Å². The lowest BCUT2D eigenvalue weighted by Gasteiger charge is -2.27. The number of carbonyl (C=O) groups excluding carboxylic acids is 1. The van der Waals surface area contributed by atoms with Crippen molar-refractivity contribution in [1.29, 1.82) is 0 Å². The predicted octanol–water partition coefficient (Wildman–Crippen LogP) is 5.78. The Hall–Kier alpha value is -8.80. The highest BCUT2D eigenvalue weighted by molar-refractivity contribution is 5.78. The second kappa shape index (κ2) is 23.6. The largest absolute Gasteiger partial charge is 0.378 e. The highest BCUT2D eigenvalue weighted by Crippen LogP contribution is 2.22. The summed E-state index contributed by atoms with van der Waals surface area (Å²) in [5.41, 5.74) is 11.6. The first-order chi connectivity index (χ1) is 33.9. The minimum absolute atomic E-state index is 0.204. The quantitative estimate of drug-likeness (QED) is 0.0398.